The summed E-state index contributed by atoms with van der Waals surface area (Å²) in [7, 11) is 0. The maximum absolute atomic E-state index is 5.99. The molecule has 1 aliphatic rings. The van der Waals surface area contributed by atoms with Gasteiger partial charge in [-0.05, 0) is 36.4 Å². The van der Waals surface area contributed by atoms with E-state index in [0.717, 1.165) is 18.1 Å². The van der Waals surface area contributed by atoms with Crippen molar-refractivity contribution in [2.45, 2.75) is 33.3 Å². The zero-order valence-electron chi connectivity index (χ0n) is 10.4. The first-order valence-electron chi connectivity index (χ1n) is 6.08. The lowest BCUT2D eigenvalue weighted by molar-refractivity contribution is 0.0589. The van der Waals surface area contributed by atoms with Crippen molar-refractivity contribution in [3.8, 4) is 0 Å². The number of rotatable bonds is 0. The first-order chi connectivity index (χ1) is 8.25. The molecular weight excluding hydrogens is 252 g/mol. The SMILES string of the molecule is CC.CC1OCCc2c1sc1cc(Cl)ccc21. The zero-order chi connectivity index (χ0) is 12.4. The fraction of sp³-hybridized carbons (Fsp3) is 0.429. The largest absolute Gasteiger partial charge is 0.373 e. The Bertz CT molecular complexity index is 518. The monoisotopic (exact) mass is 268 g/mol. The molecule has 1 aliphatic heterocycles. The van der Waals surface area contributed by atoms with E-state index < -0.39 is 0 Å². The third-order valence-electron chi connectivity index (χ3n) is 2.88. The van der Waals surface area contributed by atoms with Crippen molar-refractivity contribution in [1.29, 1.82) is 0 Å². The first kappa shape index (κ1) is 12.9. The minimum Gasteiger partial charge on any atom is -0.373 e. The molecule has 1 aromatic heterocycles. The van der Waals surface area contributed by atoms with Crippen LogP contribution in [0.1, 0.15) is 37.3 Å². The Morgan fingerprint density at radius 3 is 2.88 bits per heavy atom. The van der Waals surface area contributed by atoms with Crippen LogP contribution in [-0.2, 0) is 11.2 Å². The molecule has 0 radical (unpaired) electrons. The molecule has 1 aromatic carbocycles. The summed E-state index contributed by atoms with van der Waals surface area (Å²) in [5.74, 6) is 0. The highest BCUT2D eigenvalue weighted by Gasteiger charge is 2.21. The summed E-state index contributed by atoms with van der Waals surface area (Å²) in [6, 6.07) is 6.15. The Morgan fingerprint density at radius 2 is 2.12 bits per heavy atom. The Labute approximate surface area is 111 Å². The average Bonchev–Trinajstić information content (AvgIpc) is 2.71. The maximum atomic E-state index is 5.99. The second-order valence-electron chi connectivity index (χ2n) is 3.85. The van der Waals surface area contributed by atoms with Crippen LogP contribution in [0.5, 0.6) is 0 Å². The molecule has 0 N–H and O–H groups in total. The van der Waals surface area contributed by atoms with E-state index >= 15 is 0 Å². The van der Waals surface area contributed by atoms with Gasteiger partial charge < -0.3 is 4.74 Å². The van der Waals surface area contributed by atoms with Gasteiger partial charge in [0.05, 0.1) is 12.7 Å². The second-order valence-corrected chi connectivity index (χ2v) is 5.37. The van der Waals surface area contributed by atoms with Gasteiger partial charge in [0, 0.05) is 14.6 Å². The molecule has 0 saturated heterocycles. The van der Waals surface area contributed by atoms with Crippen molar-refractivity contribution in [2.24, 2.45) is 0 Å². The molecule has 92 valence electrons. The molecule has 2 aromatic rings. The van der Waals surface area contributed by atoms with Crippen molar-refractivity contribution < 1.29 is 4.74 Å². The molecule has 0 aliphatic carbocycles. The van der Waals surface area contributed by atoms with Crippen LogP contribution < -0.4 is 0 Å². The summed E-state index contributed by atoms with van der Waals surface area (Å²) in [4.78, 5) is 1.37. The number of ether oxygens (including phenoxy) is 1. The molecule has 0 bridgehead atoms. The predicted molar refractivity (Wildman–Crippen MR) is 76.3 cm³/mol. The smallest absolute Gasteiger partial charge is 0.0892 e. The summed E-state index contributed by atoms with van der Waals surface area (Å²) in [5.41, 5.74) is 1.46. The Kier molecular flexibility index (Phi) is 4.08. The molecule has 2 heterocycles. The van der Waals surface area contributed by atoms with Crippen LogP contribution in [0, 0.1) is 0 Å². The van der Waals surface area contributed by atoms with Gasteiger partial charge in [0.2, 0.25) is 0 Å². The minimum absolute atomic E-state index is 0.241. The van der Waals surface area contributed by atoms with Crippen molar-refractivity contribution in [3.05, 3.63) is 33.7 Å². The van der Waals surface area contributed by atoms with Crippen LogP contribution in [-0.4, -0.2) is 6.61 Å². The number of halogens is 1. The van der Waals surface area contributed by atoms with Crippen LogP contribution in [0.15, 0.2) is 18.2 Å². The lowest BCUT2D eigenvalue weighted by Crippen LogP contribution is -2.11. The van der Waals surface area contributed by atoms with Gasteiger partial charge in [-0.2, -0.15) is 0 Å². The van der Waals surface area contributed by atoms with E-state index in [0.29, 0.717) is 0 Å². The quantitative estimate of drug-likeness (QED) is 0.637. The number of thiophene rings is 1. The molecular formula is C14H17ClOS. The second kappa shape index (κ2) is 5.38. The summed E-state index contributed by atoms with van der Waals surface area (Å²) >= 11 is 7.81. The van der Waals surface area contributed by atoms with E-state index in [1.54, 1.807) is 0 Å². The molecule has 0 saturated carbocycles. The van der Waals surface area contributed by atoms with Crippen molar-refractivity contribution in [1.82, 2.24) is 0 Å². The van der Waals surface area contributed by atoms with Gasteiger partial charge in [-0.25, -0.2) is 0 Å². The van der Waals surface area contributed by atoms with E-state index in [4.69, 9.17) is 16.3 Å². The van der Waals surface area contributed by atoms with Crippen LogP contribution in [0.25, 0.3) is 10.1 Å². The van der Waals surface area contributed by atoms with E-state index in [1.165, 1.54) is 20.5 Å². The summed E-state index contributed by atoms with van der Waals surface area (Å²) in [6.07, 6.45) is 1.27. The summed E-state index contributed by atoms with van der Waals surface area (Å²) in [6.45, 7) is 6.96. The van der Waals surface area contributed by atoms with Gasteiger partial charge in [0.25, 0.3) is 0 Å². The highest BCUT2D eigenvalue weighted by molar-refractivity contribution is 7.19. The Hall–Kier alpha value is -0.570. The Balaban J connectivity index is 0.000000514. The lowest BCUT2D eigenvalue weighted by atomic mass is 10.0. The minimum atomic E-state index is 0.241. The standard InChI is InChI=1S/C12H11ClOS.C2H6/c1-7-12-10(4-5-14-7)9-3-2-8(13)6-11(9)15-12;1-2/h2-3,6-7H,4-5H2,1H3;1-2H3. The van der Waals surface area contributed by atoms with E-state index in [2.05, 4.69) is 13.0 Å². The van der Waals surface area contributed by atoms with Crippen LogP contribution in [0.3, 0.4) is 0 Å². The highest BCUT2D eigenvalue weighted by atomic mass is 35.5. The summed E-state index contributed by atoms with van der Waals surface area (Å²) in [5, 5.41) is 2.17. The van der Waals surface area contributed by atoms with Gasteiger partial charge in [-0.15, -0.1) is 11.3 Å². The molecule has 0 spiro atoms. The molecule has 1 atom stereocenters. The van der Waals surface area contributed by atoms with Crippen LogP contribution in [0.2, 0.25) is 5.02 Å². The molecule has 0 fully saturated rings. The fourth-order valence-corrected chi connectivity index (χ4v) is 3.67. The number of benzene rings is 1. The Morgan fingerprint density at radius 1 is 1.35 bits per heavy atom. The van der Waals surface area contributed by atoms with Crippen molar-refractivity contribution in [3.63, 3.8) is 0 Å². The molecule has 1 nitrogen and oxygen atoms in total. The van der Waals surface area contributed by atoms with Crippen LogP contribution in [0.4, 0.5) is 0 Å². The number of hydrogen-bond acceptors (Lipinski definition) is 2. The first-order valence-corrected chi connectivity index (χ1v) is 7.27. The number of fused-ring (bicyclic) bond motifs is 3. The van der Waals surface area contributed by atoms with E-state index in [-0.39, 0.29) is 6.10 Å². The van der Waals surface area contributed by atoms with Gasteiger partial charge in [0.1, 0.15) is 0 Å². The third-order valence-corrected chi connectivity index (χ3v) is 4.47. The molecule has 3 heteroatoms. The average molecular weight is 269 g/mol. The predicted octanol–water partition coefficient (Wildman–Crippen LogP) is 5.21. The zero-order valence-corrected chi connectivity index (χ0v) is 12.0. The van der Waals surface area contributed by atoms with Gasteiger partial charge in [-0.3, -0.25) is 0 Å². The lowest BCUT2D eigenvalue weighted by Gasteiger charge is -2.19. The van der Waals surface area contributed by atoms with Gasteiger partial charge in [0.15, 0.2) is 0 Å². The molecule has 0 amide bonds. The highest BCUT2D eigenvalue weighted by Crippen LogP contribution is 2.40. The number of hydrogen-bond donors (Lipinski definition) is 0. The van der Waals surface area contributed by atoms with Crippen molar-refractivity contribution >= 4 is 33.0 Å². The molecule has 3 rings (SSSR count). The molecule has 17 heavy (non-hydrogen) atoms. The van der Waals surface area contributed by atoms with Gasteiger partial charge in [-0.1, -0.05) is 31.5 Å². The van der Waals surface area contributed by atoms with Gasteiger partial charge >= 0.3 is 0 Å². The van der Waals surface area contributed by atoms with Crippen LogP contribution >= 0.6 is 22.9 Å². The van der Waals surface area contributed by atoms with E-state index in [9.17, 15) is 0 Å². The summed E-state index contributed by atoms with van der Waals surface area (Å²) < 4.78 is 6.92. The normalized spacial score (nSPS) is 18.5. The van der Waals surface area contributed by atoms with E-state index in [1.807, 2.05) is 37.3 Å². The maximum Gasteiger partial charge on any atom is 0.0892 e. The topological polar surface area (TPSA) is 9.23 Å². The van der Waals surface area contributed by atoms with Crippen molar-refractivity contribution in [2.75, 3.05) is 6.61 Å². The molecule has 1 unspecified atom stereocenters. The third kappa shape index (κ3) is 2.35. The fourth-order valence-electron chi connectivity index (χ4n) is 2.14.